The lowest BCUT2D eigenvalue weighted by molar-refractivity contribution is -0.135. The first-order valence-electron chi connectivity index (χ1n) is 5.66. The number of carbonyl (C=O) groups excluding carboxylic acids is 1. The van der Waals surface area contributed by atoms with Gasteiger partial charge in [-0.2, -0.15) is 0 Å². The van der Waals surface area contributed by atoms with Crippen LogP contribution in [0.4, 0.5) is 0 Å². The van der Waals surface area contributed by atoms with E-state index in [1.165, 1.54) is 11.6 Å². The van der Waals surface area contributed by atoms with Crippen LogP contribution < -0.4 is 11.6 Å². The number of aryl methyl sites for hydroxylation is 1. The Morgan fingerprint density at radius 3 is 2.95 bits per heavy atom. The molecule has 0 bridgehead atoms. The maximum Gasteiger partial charge on any atom is 0.419 e. The van der Waals surface area contributed by atoms with E-state index in [1.807, 2.05) is 6.07 Å². The normalized spacial score (nSPS) is 10.9. The van der Waals surface area contributed by atoms with Crippen LogP contribution in [0.25, 0.3) is 11.1 Å². The molecule has 1 aromatic carbocycles. The van der Waals surface area contributed by atoms with Crippen LogP contribution in [0.5, 0.6) is 0 Å². The Morgan fingerprint density at radius 2 is 2.26 bits per heavy atom. The van der Waals surface area contributed by atoms with Crippen LogP contribution in [0.1, 0.15) is 5.56 Å². The number of amides is 1. The Kier molecular flexibility index (Phi) is 3.68. The number of nitrogens with two attached hydrogens (primary N) is 1. The number of ether oxygens (including phenoxy) is 1. The lowest BCUT2D eigenvalue weighted by Gasteiger charge is -2.09. The molecule has 0 saturated carbocycles. The van der Waals surface area contributed by atoms with Crippen molar-refractivity contribution in [2.45, 2.75) is 6.61 Å². The summed E-state index contributed by atoms with van der Waals surface area (Å²) in [4.78, 5) is 22.5. The molecule has 2 rings (SSSR count). The van der Waals surface area contributed by atoms with Crippen molar-refractivity contribution in [2.75, 3.05) is 13.7 Å². The van der Waals surface area contributed by atoms with E-state index in [1.54, 1.807) is 19.2 Å². The maximum atomic E-state index is 11.3. The van der Waals surface area contributed by atoms with Gasteiger partial charge in [-0.3, -0.25) is 14.4 Å². The lowest BCUT2D eigenvalue weighted by atomic mass is 10.2. The first kappa shape index (κ1) is 13.3. The molecule has 0 spiro atoms. The summed E-state index contributed by atoms with van der Waals surface area (Å²) >= 11 is 0. The Morgan fingerprint density at radius 1 is 1.53 bits per heavy atom. The summed E-state index contributed by atoms with van der Waals surface area (Å²) in [6.07, 6.45) is 0. The van der Waals surface area contributed by atoms with E-state index in [4.69, 9.17) is 15.0 Å². The minimum Gasteiger partial charge on any atom is -0.408 e. The molecular weight excluding hydrogens is 250 g/mol. The number of hydrogen-bond acceptors (Lipinski definition) is 5. The van der Waals surface area contributed by atoms with E-state index < -0.39 is 5.76 Å². The number of oxazole rings is 1. The predicted octanol–water partition coefficient (Wildman–Crippen LogP) is -0.0198. The smallest absolute Gasteiger partial charge is 0.408 e. The second-order valence-electron chi connectivity index (χ2n) is 4.23. The SMILES string of the molecule is CN(N)C(=O)COCc1ccc2c(c1)oc(=O)n2C. The van der Waals surface area contributed by atoms with Gasteiger partial charge in [0, 0.05) is 14.1 Å². The predicted molar refractivity (Wildman–Crippen MR) is 68.1 cm³/mol. The standard InChI is InChI=1S/C12H15N3O4/c1-14-9-4-3-8(5-10(9)19-12(14)17)6-18-7-11(16)15(2)13/h3-5H,6-7,13H2,1-2H3. The fraction of sp³-hybridized carbons (Fsp3) is 0.333. The van der Waals surface area contributed by atoms with Gasteiger partial charge in [0.15, 0.2) is 5.58 Å². The molecule has 1 aromatic heterocycles. The number of rotatable bonds is 4. The fourth-order valence-corrected chi connectivity index (χ4v) is 1.63. The monoisotopic (exact) mass is 265 g/mol. The van der Waals surface area contributed by atoms with Crippen molar-refractivity contribution in [3.05, 3.63) is 34.3 Å². The first-order chi connectivity index (χ1) is 8.99. The van der Waals surface area contributed by atoms with Crippen molar-refractivity contribution in [1.29, 1.82) is 0 Å². The molecule has 0 aliphatic carbocycles. The average Bonchev–Trinajstić information content (AvgIpc) is 2.64. The van der Waals surface area contributed by atoms with E-state index in [0.717, 1.165) is 10.6 Å². The number of carbonyl (C=O) groups is 1. The van der Waals surface area contributed by atoms with Crippen LogP contribution in [0, 0.1) is 0 Å². The number of nitrogens with zero attached hydrogens (tertiary/aromatic N) is 2. The summed E-state index contributed by atoms with van der Waals surface area (Å²) in [6.45, 7) is 0.151. The molecule has 0 atom stereocenters. The summed E-state index contributed by atoms with van der Waals surface area (Å²) in [7, 11) is 3.09. The summed E-state index contributed by atoms with van der Waals surface area (Å²) in [5, 5.41) is 0.972. The minimum absolute atomic E-state index is 0.0935. The van der Waals surface area contributed by atoms with E-state index >= 15 is 0 Å². The molecule has 0 aliphatic rings. The van der Waals surface area contributed by atoms with Crippen LogP contribution in [0.3, 0.4) is 0 Å². The van der Waals surface area contributed by atoms with Crippen molar-refractivity contribution in [3.63, 3.8) is 0 Å². The first-order valence-corrected chi connectivity index (χ1v) is 5.66. The molecule has 7 heteroatoms. The number of likely N-dealkylation sites (N-methyl/N-ethyl adjacent to an activating group) is 1. The second kappa shape index (κ2) is 5.25. The molecule has 2 aromatic rings. The van der Waals surface area contributed by atoms with E-state index in [0.29, 0.717) is 11.1 Å². The molecule has 2 N–H and O–H groups in total. The van der Waals surface area contributed by atoms with Crippen molar-refractivity contribution in [1.82, 2.24) is 9.58 Å². The van der Waals surface area contributed by atoms with E-state index in [9.17, 15) is 9.59 Å². The Hall–Kier alpha value is -2.12. The Labute approximate surface area is 109 Å². The molecule has 0 fully saturated rings. The third-order valence-electron chi connectivity index (χ3n) is 2.74. The number of benzene rings is 1. The van der Waals surface area contributed by atoms with Gasteiger partial charge in [0.1, 0.15) is 6.61 Å². The molecule has 1 amide bonds. The third kappa shape index (κ3) is 2.83. The summed E-state index contributed by atoms with van der Waals surface area (Å²) in [6, 6.07) is 5.30. The molecule has 0 radical (unpaired) electrons. The van der Waals surface area contributed by atoms with Gasteiger partial charge in [0.05, 0.1) is 12.1 Å². The largest absolute Gasteiger partial charge is 0.419 e. The van der Waals surface area contributed by atoms with Crippen LogP contribution in [0.2, 0.25) is 0 Å². The molecule has 0 unspecified atom stereocenters. The zero-order valence-electron chi connectivity index (χ0n) is 10.8. The van der Waals surface area contributed by atoms with Crippen LogP contribution in [-0.4, -0.2) is 29.1 Å². The fourth-order valence-electron chi connectivity index (χ4n) is 1.63. The van der Waals surface area contributed by atoms with Gasteiger partial charge in [-0.25, -0.2) is 10.6 Å². The molecule has 0 aliphatic heterocycles. The molecule has 102 valence electrons. The molecule has 1 heterocycles. The molecule has 0 saturated heterocycles. The van der Waals surface area contributed by atoms with E-state index in [2.05, 4.69) is 0 Å². The second-order valence-corrected chi connectivity index (χ2v) is 4.23. The number of hydrogen-bond donors (Lipinski definition) is 1. The minimum atomic E-state index is -0.409. The Balaban J connectivity index is 2.06. The van der Waals surface area contributed by atoms with Gasteiger partial charge < -0.3 is 9.15 Å². The number of aromatic nitrogens is 1. The highest BCUT2D eigenvalue weighted by Gasteiger charge is 2.08. The maximum absolute atomic E-state index is 11.3. The molecular formula is C12H15N3O4. The van der Waals surface area contributed by atoms with Crippen molar-refractivity contribution < 1.29 is 13.9 Å². The highest BCUT2D eigenvalue weighted by Crippen LogP contribution is 2.14. The van der Waals surface area contributed by atoms with E-state index in [-0.39, 0.29) is 19.1 Å². The summed E-state index contributed by atoms with van der Waals surface area (Å²) < 4.78 is 11.7. The number of hydrazine groups is 1. The van der Waals surface area contributed by atoms with Crippen molar-refractivity contribution >= 4 is 17.0 Å². The highest BCUT2D eigenvalue weighted by atomic mass is 16.5. The molecule has 19 heavy (non-hydrogen) atoms. The van der Waals surface area contributed by atoms with Crippen LogP contribution in [-0.2, 0) is 23.2 Å². The van der Waals surface area contributed by atoms with Crippen LogP contribution >= 0.6 is 0 Å². The van der Waals surface area contributed by atoms with Gasteiger partial charge in [-0.05, 0) is 17.7 Å². The quantitative estimate of drug-likeness (QED) is 0.476. The topological polar surface area (TPSA) is 90.7 Å². The van der Waals surface area contributed by atoms with Gasteiger partial charge in [0.25, 0.3) is 5.91 Å². The Bertz CT molecular complexity index is 657. The average molecular weight is 265 g/mol. The van der Waals surface area contributed by atoms with Crippen molar-refractivity contribution in [3.8, 4) is 0 Å². The summed E-state index contributed by atoms with van der Waals surface area (Å²) in [5.74, 6) is 4.54. The van der Waals surface area contributed by atoms with Gasteiger partial charge in [-0.15, -0.1) is 0 Å². The van der Waals surface area contributed by atoms with Gasteiger partial charge in [-0.1, -0.05) is 6.07 Å². The van der Waals surface area contributed by atoms with Gasteiger partial charge >= 0.3 is 5.76 Å². The number of fused-ring (bicyclic) bond motifs is 1. The van der Waals surface area contributed by atoms with Crippen molar-refractivity contribution in [2.24, 2.45) is 12.9 Å². The molecule has 7 nitrogen and oxygen atoms in total. The summed E-state index contributed by atoms with van der Waals surface area (Å²) in [5.41, 5.74) is 2.02. The van der Waals surface area contributed by atoms with Crippen LogP contribution in [0.15, 0.2) is 27.4 Å². The zero-order valence-corrected chi connectivity index (χ0v) is 10.8. The zero-order chi connectivity index (χ0) is 14.0. The lowest BCUT2D eigenvalue weighted by Crippen LogP contribution is -2.35. The van der Waals surface area contributed by atoms with Gasteiger partial charge in [0.2, 0.25) is 0 Å². The third-order valence-corrected chi connectivity index (χ3v) is 2.74. The highest BCUT2D eigenvalue weighted by molar-refractivity contribution is 5.76.